The number of benzene rings is 2. The summed E-state index contributed by atoms with van der Waals surface area (Å²) in [5, 5.41) is 12.6. The van der Waals surface area contributed by atoms with Crippen LogP contribution in [0.25, 0.3) is 0 Å². The first-order valence-corrected chi connectivity index (χ1v) is 8.65. The molecule has 132 valence electrons. The van der Waals surface area contributed by atoms with Crippen LogP contribution in [0.3, 0.4) is 0 Å². The highest BCUT2D eigenvalue weighted by Gasteiger charge is 2.17. The minimum Gasteiger partial charge on any atom is -0.506 e. The molecule has 0 atom stereocenters. The third kappa shape index (κ3) is 5.32. The Hall–Kier alpha value is -2.34. The van der Waals surface area contributed by atoms with Crippen molar-refractivity contribution in [3.8, 4) is 5.75 Å². The van der Waals surface area contributed by atoms with Crippen LogP contribution in [0, 0.1) is 13.8 Å². The minimum atomic E-state index is -0.740. The average Bonchev–Trinajstić information content (AvgIpc) is 2.57. The first kappa shape index (κ1) is 19.0. The van der Waals surface area contributed by atoms with Crippen molar-refractivity contribution in [1.29, 1.82) is 0 Å². The van der Waals surface area contributed by atoms with Gasteiger partial charge in [0.1, 0.15) is 11.3 Å². The fourth-order valence-corrected chi connectivity index (χ4v) is 2.95. The zero-order valence-corrected chi connectivity index (χ0v) is 15.7. The molecule has 2 rings (SSSR count). The molecular weight excluding hydrogens is 386 g/mol. The van der Waals surface area contributed by atoms with E-state index in [4.69, 9.17) is 4.74 Å². The van der Waals surface area contributed by atoms with Crippen molar-refractivity contribution in [1.82, 2.24) is 5.32 Å². The van der Waals surface area contributed by atoms with Gasteiger partial charge in [-0.2, -0.15) is 0 Å². The Balaban J connectivity index is 1.82. The predicted octanol–water partition coefficient (Wildman–Crippen LogP) is 3.29. The quantitative estimate of drug-likeness (QED) is 0.722. The largest absolute Gasteiger partial charge is 0.506 e. The van der Waals surface area contributed by atoms with Gasteiger partial charge in [0.15, 0.2) is 6.61 Å². The first-order valence-electron chi connectivity index (χ1n) is 7.86. The molecule has 0 saturated heterocycles. The summed E-state index contributed by atoms with van der Waals surface area (Å²) in [4.78, 5) is 23.8. The summed E-state index contributed by atoms with van der Waals surface area (Å²) in [5.41, 5.74) is 3.15. The number of carbonyl (C=O) groups is 2. The Morgan fingerprint density at radius 3 is 2.64 bits per heavy atom. The molecule has 0 bridgehead atoms. The number of aromatic hydroxyl groups is 1. The van der Waals surface area contributed by atoms with E-state index in [1.807, 2.05) is 31.2 Å². The molecule has 2 aromatic carbocycles. The van der Waals surface area contributed by atoms with Crippen LogP contribution in [0.5, 0.6) is 5.75 Å². The van der Waals surface area contributed by atoms with Gasteiger partial charge in [-0.05, 0) is 65.0 Å². The van der Waals surface area contributed by atoms with E-state index in [-0.39, 0.29) is 17.2 Å². The molecule has 25 heavy (non-hydrogen) atoms. The van der Waals surface area contributed by atoms with Gasteiger partial charge in [0, 0.05) is 6.54 Å². The van der Waals surface area contributed by atoms with E-state index in [2.05, 4.69) is 21.2 Å². The highest BCUT2D eigenvalue weighted by molar-refractivity contribution is 9.10. The number of hydrogen-bond acceptors (Lipinski definition) is 4. The summed E-state index contributed by atoms with van der Waals surface area (Å²) >= 11 is 3.17. The molecule has 1 amide bonds. The Morgan fingerprint density at radius 2 is 1.92 bits per heavy atom. The van der Waals surface area contributed by atoms with Gasteiger partial charge in [-0.25, -0.2) is 4.79 Å². The van der Waals surface area contributed by atoms with Crippen molar-refractivity contribution in [2.75, 3.05) is 13.2 Å². The summed E-state index contributed by atoms with van der Waals surface area (Å²) in [6.45, 7) is 3.88. The third-order valence-electron chi connectivity index (χ3n) is 3.74. The van der Waals surface area contributed by atoms with Crippen LogP contribution in [-0.4, -0.2) is 30.1 Å². The number of esters is 1. The van der Waals surface area contributed by atoms with Crippen LogP contribution in [-0.2, 0) is 16.0 Å². The Bertz CT molecular complexity index is 789. The van der Waals surface area contributed by atoms with Crippen LogP contribution >= 0.6 is 15.9 Å². The number of phenols is 1. The number of nitrogens with one attached hydrogen (secondary N) is 1. The second-order valence-electron chi connectivity index (χ2n) is 5.75. The fraction of sp³-hybridized carbons (Fsp3) is 0.263. The van der Waals surface area contributed by atoms with E-state index in [1.165, 1.54) is 11.6 Å². The van der Waals surface area contributed by atoms with Gasteiger partial charge in [0.25, 0.3) is 5.91 Å². The molecule has 0 aromatic heterocycles. The molecule has 0 aliphatic heterocycles. The molecule has 0 radical (unpaired) electrons. The standard InChI is InChI=1S/C19H20BrNO4/c1-12-9-15(18(23)16(20)10-12)19(24)25-11-17(22)21-8-7-14-6-4-3-5-13(14)2/h3-6,9-10,23H,7-8,11H2,1-2H3,(H,21,22). The molecule has 0 spiro atoms. The number of carbonyl (C=O) groups excluding carboxylic acids is 2. The molecule has 0 aliphatic carbocycles. The average molecular weight is 406 g/mol. The summed E-state index contributed by atoms with van der Waals surface area (Å²) in [5.74, 6) is -1.32. The lowest BCUT2D eigenvalue weighted by Gasteiger charge is -2.10. The SMILES string of the molecule is Cc1cc(Br)c(O)c(C(=O)OCC(=O)NCCc2ccccc2C)c1. The topological polar surface area (TPSA) is 75.6 Å². The van der Waals surface area contributed by atoms with Gasteiger partial charge in [-0.15, -0.1) is 0 Å². The second kappa shape index (κ2) is 8.67. The molecule has 0 heterocycles. The maximum Gasteiger partial charge on any atom is 0.342 e. The molecular formula is C19H20BrNO4. The van der Waals surface area contributed by atoms with Crippen molar-refractivity contribution in [2.24, 2.45) is 0 Å². The summed E-state index contributed by atoms with van der Waals surface area (Å²) in [7, 11) is 0. The molecule has 2 N–H and O–H groups in total. The number of rotatable bonds is 6. The van der Waals surface area contributed by atoms with E-state index in [1.54, 1.807) is 13.0 Å². The number of phenolic OH excluding ortho intramolecular Hbond substituents is 1. The van der Waals surface area contributed by atoms with E-state index >= 15 is 0 Å². The number of aryl methyl sites for hydroxylation is 2. The molecule has 0 fully saturated rings. The smallest absolute Gasteiger partial charge is 0.342 e. The van der Waals surface area contributed by atoms with Gasteiger partial charge in [0.05, 0.1) is 4.47 Å². The molecule has 6 heteroatoms. The third-order valence-corrected chi connectivity index (χ3v) is 4.34. The molecule has 0 aliphatic rings. The Kier molecular flexibility index (Phi) is 6.58. The van der Waals surface area contributed by atoms with Crippen LogP contribution in [0.2, 0.25) is 0 Å². The number of amides is 1. The normalized spacial score (nSPS) is 10.4. The van der Waals surface area contributed by atoms with Gasteiger partial charge >= 0.3 is 5.97 Å². The van der Waals surface area contributed by atoms with Crippen molar-refractivity contribution in [3.05, 3.63) is 63.1 Å². The molecule has 2 aromatic rings. The van der Waals surface area contributed by atoms with Crippen LogP contribution in [0.4, 0.5) is 0 Å². The number of hydrogen-bond donors (Lipinski definition) is 2. The van der Waals surface area contributed by atoms with Gasteiger partial charge < -0.3 is 15.2 Å². The highest BCUT2D eigenvalue weighted by atomic mass is 79.9. The summed E-state index contributed by atoms with van der Waals surface area (Å²) in [6, 6.07) is 11.2. The maximum absolute atomic E-state index is 12.0. The zero-order valence-electron chi connectivity index (χ0n) is 14.1. The highest BCUT2D eigenvalue weighted by Crippen LogP contribution is 2.29. The second-order valence-corrected chi connectivity index (χ2v) is 6.60. The first-order chi connectivity index (χ1) is 11.9. The maximum atomic E-state index is 12.0. The lowest BCUT2D eigenvalue weighted by Crippen LogP contribution is -2.30. The number of ether oxygens (including phenoxy) is 1. The summed E-state index contributed by atoms with van der Waals surface area (Å²) < 4.78 is 5.38. The Morgan fingerprint density at radius 1 is 1.20 bits per heavy atom. The molecule has 0 saturated carbocycles. The summed E-state index contributed by atoms with van der Waals surface area (Å²) in [6.07, 6.45) is 0.706. The van der Waals surface area contributed by atoms with Crippen LogP contribution in [0.15, 0.2) is 40.9 Å². The van der Waals surface area contributed by atoms with Crippen molar-refractivity contribution >= 4 is 27.8 Å². The minimum absolute atomic E-state index is 0.0274. The van der Waals surface area contributed by atoms with Crippen molar-refractivity contribution in [2.45, 2.75) is 20.3 Å². The van der Waals surface area contributed by atoms with E-state index in [0.717, 1.165) is 11.1 Å². The lowest BCUT2D eigenvalue weighted by atomic mass is 10.1. The van der Waals surface area contributed by atoms with Crippen LogP contribution in [0.1, 0.15) is 27.0 Å². The van der Waals surface area contributed by atoms with Crippen molar-refractivity contribution < 1.29 is 19.4 Å². The van der Waals surface area contributed by atoms with E-state index in [9.17, 15) is 14.7 Å². The molecule has 0 unspecified atom stereocenters. The molecule has 5 nitrogen and oxygen atoms in total. The van der Waals surface area contributed by atoms with E-state index in [0.29, 0.717) is 17.4 Å². The lowest BCUT2D eigenvalue weighted by molar-refractivity contribution is -0.124. The predicted molar refractivity (Wildman–Crippen MR) is 98.7 cm³/mol. The van der Waals surface area contributed by atoms with Crippen LogP contribution < -0.4 is 5.32 Å². The number of halogens is 1. The monoisotopic (exact) mass is 405 g/mol. The fourth-order valence-electron chi connectivity index (χ4n) is 2.38. The van der Waals surface area contributed by atoms with Crippen molar-refractivity contribution in [3.63, 3.8) is 0 Å². The van der Waals surface area contributed by atoms with E-state index < -0.39 is 12.6 Å². The Labute approximate surface area is 155 Å². The van der Waals surface area contributed by atoms with Gasteiger partial charge in [-0.1, -0.05) is 24.3 Å². The van der Waals surface area contributed by atoms with Gasteiger partial charge in [0.2, 0.25) is 0 Å². The zero-order chi connectivity index (χ0) is 18.4. The van der Waals surface area contributed by atoms with Gasteiger partial charge in [-0.3, -0.25) is 4.79 Å².